The van der Waals surface area contributed by atoms with Crippen LogP contribution in [0.3, 0.4) is 0 Å². The van der Waals surface area contributed by atoms with Crippen LogP contribution in [0.15, 0.2) is 48.5 Å². The third kappa shape index (κ3) is 4.63. The Kier molecular flexibility index (Phi) is 5.57. The van der Waals surface area contributed by atoms with Gasteiger partial charge in [-0.2, -0.15) is 0 Å². The molecule has 0 aromatic heterocycles. The van der Waals surface area contributed by atoms with Crippen LogP contribution < -0.4 is 10.6 Å². The highest BCUT2D eigenvalue weighted by molar-refractivity contribution is 5.98. The highest BCUT2D eigenvalue weighted by atomic mass is 16.2. The normalized spacial score (nSPS) is 16.7. The lowest BCUT2D eigenvalue weighted by atomic mass is 10.00. The average molecular weight is 392 g/mol. The summed E-state index contributed by atoms with van der Waals surface area (Å²) in [5.74, 6) is -0.0326. The second-order valence-electron chi connectivity index (χ2n) is 7.40. The maximum atomic E-state index is 12.9. The molecule has 7 heteroatoms. The van der Waals surface area contributed by atoms with Gasteiger partial charge in [0.1, 0.15) is 0 Å². The Balaban J connectivity index is 1.30. The van der Waals surface area contributed by atoms with Crippen LogP contribution in [0.2, 0.25) is 0 Å². The van der Waals surface area contributed by atoms with Gasteiger partial charge in [-0.1, -0.05) is 18.2 Å². The number of hydrogen-bond acceptors (Lipinski definition) is 4. The van der Waals surface area contributed by atoms with Crippen molar-refractivity contribution >= 4 is 29.1 Å². The summed E-state index contributed by atoms with van der Waals surface area (Å²) in [5.41, 5.74) is 3.24. The molecule has 3 amide bonds. The molecule has 4 rings (SSSR count). The Morgan fingerprint density at radius 2 is 1.72 bits per heavy atom. The van der Waals surface area contributed by atoms with Crippen LogP contribution in [0.1, 0.15) is 22.3 Å². The SMILES string of the molecule is O=C(CN1CCN(C(=O)c2ccc3c(c2)CCC(=O)N3)CC1)Nc1ccccc1. The first-order valence-electron chi connectivity index (χ1n) is 9.88. The van der Waals surface area contributed by atoms with Gasteiger partial charge >= 0.3 is 0 Å². The van der Waals surface area contributed by atoms with Crippen molar-refractivity contribution in [2.24, 2.45) is 0 Å². The van der Waals surface area contributed by atoms with Gasteiger partial charge in [-0.3, -0.25) is 19.3 Å². The van der Waals surface area contributed by atoms with Crippen LogP contribution in [-0.4, -0.2) is 60.2 Å². The van der Waals surface area contributed by atoms with Gasteiger partial charge in [0.2, 0.25) is 11.8 Å². The number of anilines is 2. The molecule has 2 aromatic carbocycles. The molecule has 0 atom stereocenters. The molecule has 0 saturated carbocycles. The third-order valence-corrected chi connectivity index (χ3v) is 5.33. The van der Waals surface area contributed by atoms with Crippen molar-refractivity contribution in [3.63, 3.8) is 0 Å². The number of carbonyl (C=O) groups is 3. The molecule has 1 saturated heterocycles. The molecule has 0 radical (unpaired) electrons. The van der Waals surface area contributed by atoms with E-state index in [1.807, 2.05) is 47.4 Å². The van der Waals surface area contributed by atoms with Gasteiger partial charge in [-0.15, -0.1) is 0 Å². The Labute approximate surface area is 169 Å². The Morgan fingerprint density at radius 3 is 2.48 bits per heavy atom. The molecule has 2 aromatic rings. The monoisotopic (exact) mass is 392 g/mol. The van der Waals surface area contributed by atoms with Crippen molar-refractivity contribution in [2.45, 2.75) is 12.8 Å². The topological polar surface area (TPSA) is 81.8 Å². The number of aryl methyl sites for hydroxylation is 1. The number of nitrogens with zero attached hydrogens (tertiary/aromatic N) is 2. The van der Waals surface area contributed by atoms with Gasteiger partial charge < -0.3 is 15.5 Å². The summed E-state index contributed by atoms with van der Waals surface area (Å²) in [5, 5.41) is 5.73. The van der Waals surface area contributed by atoms with Crippen molar-refractivity contribution in [3.05, 3.63) is 59.7 Å². The summed E-state index contributed by atoms with van der Waals surface area (Å²) in [6, 6.07) is 14.9. The minimum atomic E-state index is -0.0484. The summed E-state index contributed by atoms with van der Waals surface area (Å²) in [4.78, 5) is 40.4. The molecule has 0 aliphatic carbocycles. The fourth-order valence-corrected chi connectivity index (χ4v) is 3.73. The summed E-state index contributed by atoms with van der Waals surface area (Å²) in [6.45, 7) is 2.82. The van der Waals surface area contributed by atoms with Gasteiger partial charge in [0.25, 0.3) is 5.91 Å². The molecule has 0 unspecified atom stereocenters. The number of carbonyl (C=O) groups excluding carboxylic acids is 3. The quantitative estimate of drug-likeness (QED) is 0.834. The lowest BCUT2D eigenvalue weighted by molar-refractivity contribution is -0.118. The second kappa shape index (κ2) is 8.45. The molecule has 7 nitrogen and oxygen atoms in total. The van der Waals surface area contributed by atoms with E-state index in [9.17, 15) is 14.4 Å². The molecular weight excluding hydrogens is 368 g/mol. The van der Waals surface area contributed by atoms with Gasteiger partial charge in [0.15, 0.2) is 0 Å². The van der Waals surface area contributed by atoms with Gasteiger partial charge in [-0.25, -0.2) is 0 Å². The molecule has 29 heavy (non-hydrogen) atoms. The molecule has 2 aliphatic rings. The van der Waals surface area contributed by atoms with Crippen LogP contribution in [-0.2, 0) is 16.0 Å². The number of fused-ring (bicyclic) bond motifs is 1. The minimum Gasteiger partial charge on any atom is -0.336 e. The molecule has 1 fully saturated rings. The fraction of sp³-hybridized carbons (Fsp3) is 0.318. The number of amides is 3. The summed E-state index contributed by atoms with van der Waals surface area (Å²) in [7, 11) is 0. The maximum absolute atomic E-state index is 12.9. The van der Waals surface area contributed by atoms with E-state index in [-0.39, 0.29) is 17.7 Å². The average Bonchev–Trinajstić information content (AvgIpc) is 2.74. The number of para-hydroxylation sites is 1. The van der Waals surface area contributed by atoms with Gasteiger partial charge in [0, 0.05) is 49.5 Å². The molecule has 0 spiro atoms. The van der Waals surface area contributed by atoms with E-state index in [0.717, 1.165) is 16.9 Å². The highest BCUT2D eigenvalue weighted by Gasteiger charge is 2.24. The largest absolute Gasteiger partial charge is 0.336 e. The number of nitrogens with one attached hydrogen (secondary N) is 2. The van der Waals surface area contributed by atoms with Crippen LogP contribution in [0.4, 0.5) is 11.4 Å². The molecule has 2 N–H and O–H groups in total. The summed E-state index contributed by atoms with van der Waals surface area (Å²) in [6.07, 6.45) is 1.11. The van der Waals surface area contributed by atoms with Crippen LogP contribution in [0.5, 0.6) is 0 Å². The third-order valence-electron chi connectivity index (χ3n) is 5.33. The standard InChI is InChI=1S/C22H24N4O3/c27-20-9-7-16-14-17(6-8-19(16)24-20)22(29)26-12-10-25(11-13-26)15-21(28)23-18-4-2-1-3-5-18/h1-6,8,14H,7,9-13,15H2,(H,23,28)(H,24,27). The Hall–Kier alpha value is -3.19. The van der Waals surface area contributed by atoms with E-state index >= 15 is 0 Å². The van der Waals surface area contributed by atoms with E-state index in [0.29, 0.717) is 51.1 Å². The van der Waals surface area contributed by atoms with E-state index in [2.05, 4.69) is 15.5 Å². The van der Waals surface area contributed by atoms with Crippen molar-refractivity contribution in [2.75, 3.05) is 43.4 Å². The first-order valence-corrected chi connectivity index (χ1v) is 9.88. The van der Waals surface area contributed by atoms with E-state index < -0.39 is 0 Å². The predicted molar refractivity (Wildman–Crippen MR) is 111 cm³/mol. The molecule has 0 bridgehead atoms. The molecule has 2 aliphatic heterocycles. The summed E-state index contributed by atoms with van der Waals surface area (Å²) >= 11 is 0. The Morgan fingerprint density at radius 1 is 0.966 bits per heavy atom. The highest BCUT2D eigenvalue weighted by Crippen LogP contribution is 2.24. The van der Waals surface area contributed by atoms with Crippen LogP contribution in [0, 0.1) is 0 Å². The van der Waals surface area contributed by atoms with Crippen molar-refractivity contribution in [1.29, 1.82) is 0 Å². The van der Waals surface area contributed by atoms with E-state index in [1.54, 1.807) is 6.07 Å². The zero-order chi connectivity index (χ0) is 20.2. The Bertz CT molecular complexity index is 921. The van der Waals surface area contributed by atoms with Crippen LogP contribution in [0.25, 0.3) is 0 Å². The number of hydrogen-bond donors (Lipinski definition) is 2. The lowest BCUT2D eigenvalue weighted by Crippen LogP contribution is -2.50. The number of benzene rings is 2. The van der Waals surface area contributed by atoms with E-state index in [4.69, 9.17) is 0 Å². The zero-order valence-corrected chi connectivity index (χ0v) is 16.2. The minimum absolute atomic E-state index is 0.00177. The number of piperazine rings is 1. The second-order valence-corrected chi connectivity index (χ2v) is 7.40. The van der Waals surface area contributed by atoms with Crippen LogP contribution >= 0.6 is 0 Å². The van der Waals surface area contributed by atoms with Gasteiger partial charge in [0.05, 0.1) is 6.54 Å². The predicted octanol–water partition coefficient (Wildman–Crippen LogP) is 1.97. The molecule has 2 heterocycles. The number of rotatable bonds is 4. The zero-order valence-electron chi connectivity index (χ0n) is 16.2. The maximum Gasteiger partial charge on any atom is 0.253 e. The smallest absolute Gasteiger partial charge is 0.253 e. The molecular formula is C22H24N4O3. The summed E-state index contributed by atoms with van der Waals surface area (Å²) < 4.78 is 0. The molecule has 150 valence electrons. The first kappa shape index (κ1) is 19.1. The fourth-order valence-electron chi connectivity index (χ4n) is 3.73. The van der Waals surface area contributed by atoms with Crippen molar-refractivity contribution < 1.29 is 14.4 Å². The van der Waals surface area contributed by atoms with E-state index in [1.165, 1.54) is 0 Å². The lowest BCUT2D eigenvalue weighted by Gasteiger charge is -2.34. The van der Waals surface area contributed by atoms with Crippen molar-refractivity contribution in [3.8, 4) is 0 Å². The van der Waals surface area contributed by atoms with Crippen molar-refractivity contribution in [1.82, 2.24) is 9.80 Å². The van der Waals surface area contributed by atoms with Gasteiger partial charge in [-0.05, 0) is 42.3 Å². The first-order chi connectivity index (χ1) is 14.1.